The molecule has 1 aliphatic rings. The molecule has 0 radical (unpaired) electrons. The lowest BCUT2D eigenvalue weighted by atomic mass is 9.85. The molecule has 0 bridgehead atoms. The van der Waals surface area contributed by atoms with Crippen molar-refractivity contribution in [2.24, 2.45) is 5.92 Å². The number of nitrogens with zero attached hydrogens (tertiary/aromatic N) is 1. The van der Waals surface area contributed by atoms with Gasteiger partial charge in [0.2, 0.25) is 5.91 Å². The zero-order chi connectivity index (χ0) is 15.2. The molecule has 20 heavy (non-hydrogen) atoms. The van der Waals surface area contributed by atoms with E-state index in [1.165, 1.54) is 37.0 Å². The Labute approximate surface area is 122 Å². The summed E-state index contributed by atoms with van der Waals surface area (Å²) in [7, 11) is 0. The van der Waals surface area contributed by atoms with Crippen molar-refractivity contribution in [3.05, 3.63) is 0 Å². The molecule has 0 saturated heterocycles. The van der Waals surface area contributed by atoms with Gasteiger partial charge in [0.15, 0.2) is 0 Å². The molecule has 0 unspecified atom stereocenters. The summed E-state index contributed by atoms with van der Waals surface area (Å²) in [5.41, 5.74) is -1.11. The number of likely N-dealkylation sites (N-methyl/N-ethyl adjacent to an activating group) is 1. The first kappa shape index (κ1) is 17.0. The fraction of sp³-hybridized carbons (Fsp3) is 0.875. The van der Waals surface area contributed by atoms with Crippen molar-refractivity contribution in [2.45, 2.75) is 77.7 Å². The third kappa shape index (κ3) is 4.50. The Morgan fingerprint density at radius 1 is 1.20 bits per heavy atom. The van der Waals surface area contributed by atoms with Gasteiger partial charge in [0.05, 0.1) is 0 Å². The highest BCUT2D eigenvalue weighted by molar-refractivity contribution is 5.86. The lowest BCUT2D eigenvalue weighted by Crippen LogP contribution is -2.52. The van der Waals surface area contributed by atoms with Crippen LogP contribution in [0.15, 0.2) is 0 Å². The van der Waals surface area contributed by atoms with Crippen LogP contribution in [0.2, 0.25) is 0 Å². The largest absolute Gasteiger partial charge is 0.480 e. The Balaban J connectivity index is 2.41. The van der Waals surface area contributed by atoms with Gasteiger partial charge in [-0.1, -0.05) is 32.1 Å². The van der Waals surface area contributed by atoms with Gasteiger partial charge in [0, 0.05) is 13.0 Å². The molecule has 1 aliphatic carbocycles. The van der Waals surface area contributed by atoms with Gasteiger partial charge in [0.1, 0.15) is 5.54 Å². The smallest absolute Gasteiger partial charge is 0.329 e. The van der Waals surface area contributed by atoms with E-state index in [0.717, 1.165) is 18.8 Å². The summed E-state index contributed by atoms with van der Waals surface area (Å²) in [6, 6.07) is 0. The molecule has 0 spiro atoms. The number of carboxylic acid groups (broad SMARTS) is 1. The second kappa shape index (κ2) is 7.65. The lowest BCUT2D eigenvalue weighted by molar-refractivity contribution is -0.156. The van der Waals surface area contributed by atoms with E-state index in [1.54, 1.807) is 13.8 Å². The number of hydrogen-bond donors (Lipinski definition) is 1. The molecule has 4 heteroatoms. The van der Waals surface area contributed by atoms with Gasteiger partial charge < -0.3 is 10.0 Å². The zero-order valence-electron chi connectivity index (χ0n) is 13.2. The number of carbonyl (C=O) groups excluding carboxylic acids is 1. The summed E-state index contributed by atoms with van der Waals surface area (Å²) < 4.78 is 0. The SMILES string of the molecule is CCN(C(=O)CCCC1CCCCC1)C(C)(C)C(=O)O. The van der Waals surface area contributed by atoms with Crippen LogP contribution in [-0.4, -0.2) is 34.0 Å². The molecule has 0 aromatic heterocycles. The second-order valence-corrected chi connectivity index (χ2v) is 6.40. The van der Waals surface area contributed by atoms with E-state index in [0.29, 0.717) is 13.0 Å². The molecule has 0 heterocycles. The van der Waals surface area contributed by atoms with Crippen LogP contribution in [0, 0.1) is 5.92 Å². The fourth-order valence-corrected chi connectivity index (χ4v) is 3.15. The Hall–Kier alpha value is -1.06. The molecular weight excluding hydrogens is 254 g/mol. The number of hydrogen-bond acceptors (Lipinski definition) is 2. The third-order valence-corrected chi connectivity index (χ3v) is 4.54. The Morgan fingerprint density at radius 3 is 2.30 bits per heavy atom. The predicted octanol–water partition coefficient (Wildman–Crippen LogP) is 3.45. The molecule has 0 atom stereocenters. The van der Waals surface area contributed by atoms with Crippen LogP contribution >= 0.6 is 0 Å². The van der Waals surface area contributed by atoms with Gasteiger partial charge in [0.25, 0.3) is 0 Å². The molecule has 1 amide bonds. The Kier molecular flexibility index (Phi) is 6.50. The van der Waals surface area contributed by atoms with Gasteiger partial charge in [-0.2, -0.15) is 0 Å². The normalized spacial score (nSPS) is 16.9. The van der Waals surface area contributed by atoms with Gasteiger partial charge >= 0.3 is 5.97 Å². The first-order chi connectivity index (χ1) is 9.39. The molecule has 1 saturated carbocycles. The highest BCUT2D eigenvalue weighted by atomic mass is 16.4. The summed E-state index contributed by atoms with van der Waals surface area (Å²) in [5.74, 6) is -0.199. The molecule has 1 fully saturated rings. The topological polar surface area (TPSA) is 57.6 Å². The summed E-state index contributed by atoms with van der Waals surface area (Å²) in [6.07, 6.45) is 9.06. The van der Waals surface area contributed by atoms with Crippen molar-refractivity contribution in [2.75, 3.05) is 6.54 Å². The van der Waals surface area contributed by atoms with Crippen LogP contribution in [0.5, 0.6) is 0 Å². The first-order valence-corrected chi connectivity index (χ1v) is 7.93. The van der Waals surface area contributed by atoms with Crippen LogP contribution in [0.25, 0.3) is 0 Å². The minimum Gasteiger partial charge on any atom is -0.480 e. The van der Waals surface area contributed by atoms with E-state index in [4.69, 9.17) is 0 Å². The van der Waals surface area contributed by atoms with E-state index >= 15 is 0 Å². The quantitative estimate of drug-likeness (QED) is 0.778. The average molecular weight is 283 g/mol. The highest BCUT2D eigenvalue weighted by Crippen LogP contribution is 2.28. The maximum absolute atomic E-state index is 12.2. The van der Waals surface area contributed by atoms with Crippen molar-refractivity contribution >= 4 is 11.9 Å². The number of carboxylic acids is 1. The molecule has 1 N–H and O–H groups in total. The average Bonchev–Trinajstić information content (AvgIpc) is 2.40. The van der Waals surface area contributed by atoms with Crippen molar-refractivity contribution in [1.82, 2.24) is 4.90 Å². The number of carbonyl (C=O) groups is 2. The third-order valence-electron chi connectivity index (χ3n) is 4.54. The molecule has 0 aliphatic heterocycles. The number of rotatable bonds is 7. The zero-order valence-corrected chi connectivity index (χ0v) is 13.2. The summed E-state index contributed by atoms with van der Waals surface area (Å²) >= 11 is 0. The Bertz CT molecular complexity index is 333. The molecule has 116 valence electrons. The molecular formula is C16H29NO3. The van der Waals surface area contributed by atoms with E-state index in [9.17, 15) is 14.7 Å². The summed E-state index contributed by atoms with van der Waals surface area (Å²) in [6.45, 7) is 5.47. The Morgan fingerprint density at radius 2 is 1.80 bits per heavy atom. The first-order valence-electron chi connectivity index (χ1n) is 7.93. The second-order valence-electron chi connectivity index (χ2n) is 6.40. The molecule has 0 aromatic rings. The molecule has 4 nitrogen and oxygen atoms in total. The maximum Gasteiger partial charge on any atom is 0.329 e. The van der Waals surface area contributed by atoms with Crippen LogP contribution in [0.1, 0.15) is 72.1 Å². The maximum atomic E-state index is 12.2. The van der Waals surface area contributed by atoms with Crippen molar-refractivity contribution in [3.8, 4) is 0 Å². The number of amides is 1. The monoisotopic (exact) mass is 283 g/mol. The van der Waals surface area contributed by atoms with Crippen molar-refractivity contribution in [1.29, 1.82) is 0 Å². The van der Waals surface area contributed by atoms with Crippen LogP contribution < -0.4 is 0 Å². The van der Waals surface area contributed by atoms with E-state index in [-0.39, 0.29) is 5.91 Å². The minimum absolute atomic E-state index is 0.0318. The van der Waals surface area contributed by atoms with Gasteiger partial charge in [-0.15, -0.1) is 0 Å². The standard InChI is InChI=1S/C16H29NO3/c1-4-17(16(2,3)15(19)20)14(18)12-8-11-13-9-6-5-7-10-13/h13H,4-12H2,1-3H3,(H,19,20). The fourth-order valence-electron chi connectivity index (χ4n) is 3.15. The van der Waals surface area contributed by atoms with E-state index in [1.807, 2.05) is 6.92 Å². The lowest BCUT2D eigenvalue weighted by Gasteiger charge is -2.34. The van der Waals surface area contributed by atoms with Crippen molar-refractivity contribution < 1.29 is 14.7 Å². The summed E-state index contributed by atoms with van der Waals surface area (Å²) in [4.78, 5) is 25.0. The van der Waals surface area contributed by atoms with Gasteiger partial charge in [-0.3, -0.25) is 4.79 Å². The molecule has 1 rings (SSSR count). The van der Waals surface area contributed by atoms with Crippen molar-refractivity contribution in [3.63, 3.8) is 0 Å². The highest BCUT2D eigenvalue weighted by Gasteiger charge is 2.36. The van der Waals surface area contributed by atoms with E-state index < -0.39 is 11.5 Å². The van der Waals surface area contributed by atoms with Crippen LogP contribution in [0.4, 0.5) is 0 Å². The number of aliphatic carboxylic acids is 1. The predicted molar refractivity (Wildman–Crippen MR) is 79.5 cm³/mol. The summed E-state index contributed by atoms with van der Waals surface area (Å²) in [5, 5.41) is 9.23. The molecule has 0 aromatic carbocycles. The van der Waals surface area contributed by atoms with Gasteiger partial charge in [-0.05, 0) is 39.5 Å². The minimum atomic E-state index is -1.11. The van der Waals surface area contributed by atoms with Crippen LogP contribution in [-0.2, 0) is 9.59 Å². The van der Waals surface area contributed by atoms with E-state index in [2.05, 4.69) is 0 Å². The van der Waals surface area contributed by atoms with Gasteiger partial charge in [-0.25, -0.2) is 4.79 Å². The van der Waals surface area contributed by atoms with Crippen LogP contribution in [0.3, 0.4) is 0 Å².